The van der Waals surface area contributed by atoms with Gasteiger partial charge in [0.05, 0.1) is 17.8 Å². The van der Waals surface area contributed by atoms with Gasteiger partial charge in [-0.15, -0.1) is 0 Å². The molecule has 0 bridgehead atoms. The average molecular weight is 491 g/mol. The molecule has 0 saturated carbocycles. The molecule has 1 fully saturated rings. The Morgan fingerprint density at radius 3 is 2.63 bits per heavy atom. The van der Waals surface area contributed by atoms with Crippen LogP contribution in [0.1, 0.15) is 57.2 Å². The van der Waals surface area contributed by atoms with Gasteiger partial charge in [-0.1, -0.05) is 31.9 Å². The number of alkyl halides is 3. The Labute approximate surface area is 204 Å². The third kappa shape index (κ3) is 5.65. The van der Waals surface area contributed by atoms with Crippen molar-refractivity contribution in [3.05, 3.63) is 53.9 Å². The molecule has 6 nitrogen and oxygen atoms in total. The molecule has 35 heavy (non-hydrogen) atoms. The number of amidine groups is 1. The van der Waals surface area contributed by atoms with E-state index in [0.717, 1.165) is 36.9 Å². The molecule has 1 N–H and O–H groups in total. The van der Waals surface area contributed by atoms with Gasteiger partial charge in [0.25, 0.3) is 0 Å². The Morgan fingerprint density at radius 1 is 1.17 bits per heavy atom. The minimum absolute atomic E-state index is 0.0903. The monoisotopic (exact) mass is 490 g/mol. The molecule has 1 amide bonds. The van der Waals surface area contributed by atoms with Crippen LogP contribution in [0.4, 0.5) is 13.2 Å². The summed E-state index contributed by atoms with van der Waals surface area (Å²) in [5.41, 5.74) is -0.729. The van der Waals surface area contributed by atoms with Crippen molar-refractivity contribution < 1.29 is 22.7 Å². The molecule has 1 aromatic heterocycles. The smallest absolute Gasteiger partial charge is 0.419 e. The Balaban J connectivity index is 1.45. The number of aromatic nitrogens is 1. The molecule has 4 rings (SSSR count). The summed E-state index contributed by atoms with van der Waals surface area (Å²) in [6, 6.07) is 9.27. The zero-order valence-electron chi connectivity index (χ0n) is 20.3. The molecule has 3 heterocycles. The number of halogens is 3. The first-order valence-corrected chi connectivity index (χ1v) is 12.3. The number of benzene rings is 1. The maximum atomic E-state index is 13.3. The van der Waals surface area contributed by atoms with Crippen LogP contribution in [0.5, 0.6) is 5.75 Å². The second-order valence-electron chi connectivity index (χ2n) is 9.49. The van der Waals surface area contributed by atoms with Crippen LogP contribution in [0.2, 0.25) is 0 Å². The van der Waals surface area contributed by atoms with Crippen LogP contribution in [0, 0.1) is 0 Å². The van der Waals surface area contributed by atoms with Crippen LogP contribution in [-0.4, -0.2) is 52.5 Å². The number of hydrogen-bond acceptors (Lipinski definition) is 4. The Kier molecular flexibility index (Phi) is 7.42. The number of nitrogens with zero attached hydrogens (tertiary/aromatic N) is 3. The van der Waals surface area contributed by atoms with Gasteiger partial charge in [0.15, 0.2) is 5.54 Å². The van der Waals surface area contributed by atoms with Crippen molar-refractivity contribution in [2.45, 2.75) is 70.3 Å². The summed E-state index contributed by atoms with van der Waals surface area (Å²) >= 11 is 0. The van der Waals surface area contributed by atoms with E-state index in [1.807, 2.05) is 25.3 Å². The zero-order valence-corrected chi connectivity index (χ0v) is 20.3. The summed E-state index contributed by atoms with van der Waals surface area (Å²) in [5, 5.41) is 3.04. The molecule has 1 unspecified atom stereocenters. The van der Waals surface area contributed by atoms with Crippen molar-refractivity contribution in [1.82, 2.24) is 14.8 Å². The minimum atomic E-state index is -4.46. The fourth-order valence-electron chi connectivity index (χ4n) is 4.70. The van der Waals surface area contributed by atoms with Crippen molar-refractivity contribution in [2.75, 3.05) is 19.6 Å². The molecule has 0 radical (unpaired) electrons. The van der Waals surface area contributed by atoms with E-state index >= 15 is 0 Å². The maximum Gasteiger partial charge on any atom is 0.419 e. The Bertz CT molecular complexity index is 1060. The topological polar surface area (TPSA) is 58.9 Å². The van der Waals surface area contributed by atoms with Crippen molar-refractivity contribution in [3.63, 3.8) is 0 Å². The van der Waals surface area contributed by atoms with Crippen LogP contribution < -0.4 is 10.1 Å². The van der Waals surface area contributed by atoms with Gasteiger partial charge in [0.2, 0.25) is 5.91 Å². The molecule has 2 aliphatic heterocycles. The van der Waals surface area contributed by atoms with Crippen LogP contribution >= 0.6 is 0 Å². The number of amides is 1. The molecule has 0 aliphatic carbocycles. The quantitative estimate of drug-likeness (QED) is 0.563. The van der Waals surface area contributed by atoms with Gasteiger partial charge in [-0.05, 0) is 37.6 Å². The van der Waals surface area contributed by atoms with Gasteiger partial charge in [0, 0.05) is 38.7 Å². The fraction of sp³-hybridized carbons (Fsp3) is 0.538. The van der Waals surface area contributed by atoms with E-state index < -0.39 is 17.3 Å². The highest BCUT2D eigenvalue weighted by Crippen LogP contribution is 2.37. The van der Waals surface area contributed by atoms with E-state index in [1.165, 1.54) is 12.1 Å². The first-order valence-electron chi connectivity index (χ1n) is 12.3. The number of aliphatic imine (C=N–C) groups is 1. The van der Waals surface area contributed by atoms with Crippen LogP contribution in [-0.2, 0) is 17.5 Å². The van der Waals surface area contributed by atoms with Gasteiger partial charge >= 0.3 is 6.18 Å². The van der Waals surface area contributed by atoms with Crippen LogP contribution in [0.3, 0.4) is 0 Å². The lowest BCUT2D eigenvalue weighted by Gasteiger charge is -2.39. The third-order valence-corrected chi connectivity index (χ3v) is 6.67. The van der Waals surface area contributed by atoms with Crippen molar-refractivity contribution in [3.8, 4) is 5.75 Å². The molecule has 2 aromatic rings. The van der Waals surface area contributed by atoms with E-state index in [4.69, 9.17) is 9.73 Å². The van der Waals surface area contributed by atoms with Crippen LogP contribution in [0.25, 0.3) is 0 Å². The number of unbranched alkanes of at least 4 members (excludes halogenated alkanes) is 2. The summed E-state index contributed by atoms with van der Waals surface area (Å²) in [6.45, 7) is 6.24. The molecule has 9 heteroatoms. The van der Waals surface area contributed by atoms with Crippen molar-refractivity contribution in [2.24, 2.45) is 4.99 Å². The van der Waals surface area contributed by atoms with Crippen molar-refractivity contribution >= 4 is 11.7 Å². The maximum absolute atomic E-state index is 13.3. The Morgan fingerprint density at radius 2 is 1.91 bits per heavy atom. The lowest BCUT2D eigenvalue weighted by atomic mass is 9.98. The SMILES string of the molecule is CCCCCNC(=O)C1(C)Cn2cccc2C(N2CCC(Oc3ccccc3C(F)(F)F)CC2)=N1. The second kappa shape index (κ2) is 10.3. The lowest BCUT2D eigenvalue weighted by molar-refractivity contribution is -0.139. The first kappa shape index (κ1) is 25.1. The molecule has 1 atom stereocenters. The Hall–Kier alpha value is -2.97. The average Bonchev–Trinajstić information content (AvgIpc) is 3.29. The van der Waals surface area contributed by atoms with E-state index in [9.17, 15) is 18.0 Å². The lowest BCUT2D eigenvalue weighted by Crippen LogP contribution is -2.52. The third-order valence-electron chi connectivity index (χ3n) is 6.67. The number of likely N-dealkylation sites (tertiary alicyclic amines) is 1. The molecule has 2 aliphatic rings. The molecule has 1 saturated heterocycles. The largest absolute Gasteiger partial charge is 0.490 e. The number of nitrogens with one attached hydrogen (secondary N) is 1. The van der Waals surface area contributed by atoms with E-state index in [1.54, 1.807) is 6.07 Å². The highest BCUT2D eigenvalue weighted by atomic mass is 19.4. The predicted molar refractivity (Wildman–Crippen MR) is 129 cm³/mol. The van der Waals surface area contributed by atoms with E-state index in [-0.39, 0.29) is 17.8 Å². The van der Waals surface area contributed by atoms with Gasteiger partial charge in [-0.3, -0.25) is 4.79 Å². The summed E-state index contributed by atoms with van der Waals surface area (Å²) in [4.78, 5) is 20.1. The fourth-order valence-corrected chi connectivity index (χ4v) is 4.70. The normalized spacial score (nSPS) is 20.8. The standard InChI is InChI=1S/C26H33F3N4O2/c1-3-4-7-14-30-24(34)25(2)18-33-15-8-10-21(33)23(31-25)32-16-12-19(13-17-32)35-22-11-6-5-9-20(22)26(27,28)29/h5-6,8-11,15,19H,3-4,7,12-14,16-18H2,1-2H3,(H,30,34). The second-order valence-corrected chi connectivity index (χ2v) is 9.49. The molecule has 1 aromatic carbocycles. The summed E-state index contributed by atoms with van der Waals surface area (Å²) in [5.74, 6) is 0.531. The number of hydrogen-bond donors (Lipinski definition) is 1. The van der Waals surface area contributed by atoms with Gasteiger partial charge in [0.1, 0.15) is 17.7 Å². The number of ether oxygens (including phenoxy) is 1. The minimum Gasteiger partial charge on any atom is -0.490 e. The number of carbonyl (C=O) groups excluding carboxylic acids is 1. The number of piperidine rings is 1. The van der Waals surface area contributed by atoms with Gasteiger partial charge in [-0.2, -0.15) is 13.2 Å². The predicted octanol–water partition coefficient (Wildman–Crippen LogP) is 4.88. The summed E-state index contributed by atoms with van der Waals surface area (Å²) in [7, 11) is 0. The number of para-hydroxylation sites is 1. The highest BCUT2D eigenvalue weighted by molar-refractivity contribution is 6.01. The molecular weight excluding hydrogens is 457 g/mol. The molecular formula is C26H33F3N4O2. The van der Waals surface area contributed by atoms with E-state index in [2.05, 4.69) is 21.7 Å². The highest BCUT2D eigenvalue weighted by Gasteiger charge is 2.40. The first-order chi connectivity index (χ1) is 16.7. The number of rotatable bonds is 7. The van der Waals surface area contributed by atoms with Crippen molar-refractivity contribution in [1.29, 1.82) is 0 Å². The summed E-state index contributed by atoms with van der Waals surface area (Å²) in [6.07, 6.45) is 1.39. The van der Waals surface area contributed by atoms with Crippen LogP contribution in [0.15, 0.2) is 47.6 Å². The molecule has 0 spiro atoms. The van der Waals surface area contributed by atoms with Gasteiger partial charge < -0.3 is 19.5 Å². The number of carbonyl (C=O) groups is 1. The van der Waals surface area contributed by atoms with Gasteiger partial charge in [-0.25, -0.2) is 4.99 Å². The zero-order chi connectivity index (χ0) is 25.1. The summed E-state index contributed by atoms with van der Waals surface area (Å²) < 4.78 is 47.8. The van der Waals surface area contributed by atoms with E-state index in [0.29, 0.717) is 39.0 Å². The molecule has 190 valence electrons. The number of fused-ring (bicyclic) bond motifs is 1.